The van der Waals surface area contributed by atoms with Crippen molar-refractivity contribution in [3.63, 3.8) is 0 Å². The SMILES string of the molecule is CCCCC(CC)COP(=O)(OCc1ccccc1)OCc1ccccc1. The van der Waals surface area contributed by atoms with E-state index in [1.807, 2.05) is 60.7 Å². The van der Waals surface area contributed by atoms with Crippen LogP contribution < -0.4 is 0 Å². The van der Waals surface area contributed by atoms with Gasteiger partial charge in [0.2, 0.25) is 0 Å². The molecule has 0 N–H and O–H groups in total. The highest BCUT2D eigenvalue weighted by molar-refractivity contribution is 7.48. The van der Waals surface area contributed by atoms with E-state index < -0.39 is 7.82 Å². The number of rotatable bonds is 13. The number of unbranched alkanes of at least 4 members (excludes halogenated alkanes) is 1. The lowest BCUT2D eigenvalue weighted by Crippen LogP contribution is -2.10. The fourth-order valence-corrected chi connectivity index (χ4v) is 3.89. The van der Waals surface area contributed by atoms with Crippen LogP contribution in [-0.2, 0) is 31.4 Å². The molecule has 27 heavy (non-hydrogen) atoms. The van der Waals surface area contributed by atoms with Crippen molar-refractivity contribution in [2.75, 3.05) is 6.61 Å². The average Bonchev–Trinajstić information content (AvgIpc) is 2.73. The predicted octanol–water partition coefficient (Wildman–Crippen LogP) is 6.76. The van der Waals surface area contributed by atoms with E-state index in [-0.39, 0.29) is 13.2 Å². The molecule has 148 valence electrons. The third-order valence-corrected chi connectivity index (χ3v) is 5.83. The molecule has 2 rings (SSSR count). The largest absolute Gasteiger partial charge is 0.475 e. The molecule has 0 amide bonds. The van der Waals surface area contributed by atoms with Gasteiger partial charge in [-0.15, -0.1) is 0 Å². The van der Waals surface area contributed by atoms with E-state index in [1.54, 1.807) is 0 Å². The van der Waals surface area contributed by atoms with Gasteiger partial charge in [0, 0.05) is 0 Å². The molecule has 5 heteroatoms. The van der Waals surface area contributed by atoms with Gasteiger partial charge < -0.3 is 0 Å². The third-order valence-electron chi connectivity index (χ3n) is 4.48. The summed E-state index contributed by atoms with van der Waals surface area (Å²) in [7, 11) is -3.65. The minimum absolute atomic E-state index is 0.193. The van der Waals surface area contributed by atoms with Crippen molar-refractivity contribution in [2.24, 2.45) is 5.92 Å². The summed E-state index contributed by atoms with van der Waals surface area (Å²) in [6, 6.07) is 19.3. The van der Waals surface area contributed by atoms with E-state index in [1.165, 1.54) is 0 Å². The Morgan fingerprint density at radius 2 is 1.33 bits per heavy atom. The first-order valence-electron chi connectivity index (χ1n) is 9.76. The highest BCUT2D eigenvalue weighted by Crippen LogP contribution is 2.51. The standard InChI is InChI=1S/C22H31O4P/c1-3-5-12-20(4-2)17-24-27(23,25-18-21-13-8-6-9-14-21)26-19-22-15-10-7-11-16-22/h6-11,13-16,20H,3-5,12,17-19H2,1-2H3. The van der Waals surface area contributed by atoms with Crippen molar-refractivity contribution >= 4 is 7.82 Å². The van der Waals surface area contributed by atoms with Crippen LogP contribution in [0.1, 0.15) is 50.7 Å². The number of hydrogen-bond acceptors (Lipinski definition) is 4. The molecule has 0 spiro atoms. The zero-order chi connectivity index (χ0) is 19.4. The minimum Gasteiger partial charge on any atom is -0.287 e. The summed E-state index contributed by atoms with van der Waals surface area (Å²) in [6.07, 6.45) is 4.33. The van der Waals surface area contributed by atoms with Crippen molar-refractivity contribution in [2.45, 2.75) is 52.7 Å². The van der Waals surface area contributed by atoms with E-state index in [0.717, 1.165) is 36.8 Å². The molecule has 0 aliphatic rings. The molecule has 2 aromatic carbocycles. The molecule has 0 heterocycles. The Balaban J connectivity index is 1.98. The van der Waals surface area contributed by atoms with Crippen molar-refractivity contribution in [3.05, 3.63) is 71.8 Å². The summed E-state index contributed by atoms with van der Waals surface area (Å²) in [6.45, 7) is 5.07. The highest BCUT2D eigenvalue weighted by Gasteiger charge is 2.28. The zero-order valence-corrected chi connectivity index (χ0v) is 17.3. The van der Waals surface area contributed by atoms with Crippen LogP contribution in [0, 0.1) is 5.92 Å². The van der Waals surface area contributed by atoms with Gasteiger partial charge in [0.25, 0.3) is 0 Å². The summed E-state index contributed by atoms with van der Waals surface area (Å²) in [5.41, 5.74) is 1.87. The molecule has 0 saturated heterocycles. The van der Waals surface area contributed by atoms with E-state index in [4.69, 9.17) is 13.6 Å². The Morgan fingerprint density at radius 3 is 1.78 bits per heavy atom. The molecule has 1 atom stereocenters. The summed E-state index contributed by atoms with van der Waals surface area (Å²) in [4.78, 5) is 0. The van der Waals surface area contributed by atoms with Crippen LogP contribution in [0.4, 0.5) is 0 Å². The molecule has 0 bridgehead atoms. The van der Waals surface area contributed by atoms with Gasteiger partial charge in [-0.05, 0) is 23.5 Å². The molecule has 0 fully saturated rings. The first kappa shape index (κ1) is 21.8. The second kappa shape index (κ2) is 12.1. The Kier molecular flexibility index (Phi) is 9.79. The lowest BCUT2D eigenvalue weighted by Gasteiger charge is -2.21. The lowest BCUT2D eigenvalue weighted by atomic mass is 10.0. The molecule has 0 radical (unpaired) electrons. The predicted molar refractivity (Wildman–Crippen MR) is 109 cm³/mol. The van der Waals surface area contributed by atoms with Gasteiger partial charge in [-0.3, -0.25) is 13.6 Å². The van der Waals surface area contributed by atoms with E-state index in [9.17, 15) is 4.57 Å². The van der Waals surface area contributed by atoms with Crippen molar-refractivity contribution in [1.82, 2.24) is 0 Å². The van der Waals surface area contributed by atoms with Gasteiger partial charge in [0.15, 0.2) is 0 Å². The van der Waals surface area contributed by atoms with Gasteiger partial charge in [-0.2, -0.15) is 0 Å². The Morgan fingerprint density at radius 1 is 0.815 bits per heavy atom. The summed E-state index contributed by atoms with van der Waals surface area (Å²) in [5, 5.41) is 0. The first-order chi connectivity index (χ1) is 13.1. The van der Waals surface area contributed by atoms with Crippen LogP contribution in [0.25, 0.3) is 0 Å². The molecular weight excluding hydrogens is 359 g/mol. The molecule has 2 aromatic rings. The highest BCUT2D eigenvalue weighted by atomic mass is 31.2. The van der Waals surface area contributed by atoms with Gasteiger partial charge in [-0.25, -0.2) is 4.57 Å². The minimum atomic E-state index is -3.65. The second-order valence-electron chi connectivity index (χ2n) is 6.68. The van der Waals surface area contributed by atoms with Crippen LogP contribution in [0.5, 0.6) is 0 Å². The van der Waals surface area contributed by atoms with Gasteiger partial charge in [0.05, 0.1) is 19.8 Å². The molecule has 1 unspecified atom stereocenters. The summed E-state index contributed by atoms with van der Waals surface area (Å²) in [5.74, 6) is 0.360. The second-order valence-corrected chi connectivity index (χ2v) is 8.35. The smallest absolute Gasteiger partial charge is 0.287 e. The van der Waals surface area contributed by atoms with Crippen LogP contribution in [0.3, 0.4) is 0 Å². The molecule has 0 aromatic heterocycles. The molecule has 0 saturated carbocycles. The maximum atomic E-state index is 13.2. The quantitative estimate of drug-likeness (QED) is 0.354. The van der Waals surface area contributed by atoms with Crippen LogP contribution >= 0.6 is 7.82 Å². The van der Waals surface area contributed by atoms with Gasteiger partial charge >= 0.3 is 7.82 Å². The van der Waals surface area contributed by atoms with Gasteiger partial charge in [-0.1, -0.05) is 93.8 Å². The van der Waals surface area contributed by atoms with Crippen LogP contribution in [0.2, 0.25) is 0 Å². The zero-order valence-electron chi connectivity index (χ0n) is 16.4. The third kappa shape index (κ3) is 8.40. The Labute approximate surface area is 163 Å². The first-order valence-corrected chi connectivity index (χ1v) is 11.2. The summed E-state index contributed by atoms with van der Waals surface area (Å²) >= 11 is 0. The van der Waals surface area contributed by atoms with Crippen molar-refractivity contribution < 1.29 is 18.1 Å². The fraction of sp³-hybridized carbons (Fsp3) is 0.455. The maximum absolute atomic E-state index is 13.2. The Bertz CT molecular complexity index is 628. The molecule has 4 nitrogen and oxygen atoms in total. The number of phosphoric ester groups is 1. The molecular formula is C22H31O4P. The fourth-order valence-electron chi connectivity index (χ4n) is 2.66. The number of hydrogen-bond donors (Lipinski definition) is 0. The molecule has 0 aliphatic carbocycles. The van der Waals surface area contributed by atoms with Crippen molar-refractivity contribution in [1.29, 1.82) is 0 Å². The van der Waals surface area contributed by atoms with Crippen LogP contribution in [0.15, 0.2) is 60.7 Å². The number of benzene rings is 2. The van der Waals surface area contributed by atoms with E-state index >= 15 is 0 Å². The van der Waals surface area contributed by atoms with E-state index in [2.05, 4.69) is 13.8 Å². The topological polar surface area (TPSA) is 44.8 Å². The summed E-state index contributed by atoms with van der Waals surface area (Å²) < 4.78 is 30.2. The lowest BCUT2D eigenvalue weighted by molar-refractivity contribution is 0.0883. The Hall–Kier alpha value is -1.45. The molecule has 0 aliphatic heterocycles. The van der Waals surface area contributed by atoms with Crippen LogP contribution in [-0.4, -0.2) is 6.61 Å². The normalized spacial score (nSPS) is 12.8. The van der Waals surface area contributed by atoms with Crippen molar-refractivity contribution in [3.8, 4) is 0 Å². The number of phosphoric acid groups is 1. The average molecular weight is 390 g/mol. The monoisotopic (exact) mass is 390 g/mol. The maximum Gasteiger partial charge on any atom is 0.475 e. The van der Waals surface area contributed by atoms with Gasteiger partial charge in [0.1, 0.15) is 0 Å². The van der Waals surface area contributed by atoms with E-state index in [0.29, 0.717) is 12.5 Å².